The molecule has 0 radical (unpaired) electrons. The second-order valence-corrected chi connectivity index (χ2v) is 10.2. The number of likely N-dealkylation sites (tertiary alicyclic amines) is 1. The van der Waals surface area contributed by atoms with E-state index in [-0.39, 0.29) is 29.9 Å². The van der Waals surface area contributed by atoms with Crippen LogP contribution < -0.4 is 5.32 Å². The van der Waals surface area contributed by atoms with Gasteiger partial charge in [-0.1, -0.05) is 48.5 Å². The highest BCUT2D eigenvalue weighted by Gasteiger charge is 2.50. The molecule has 0 spiro atoms. The van der Waals surface area contributed by atoms with Crippen LogP contribution in [0.4, 0.5) is 0 Å². The first kappa shape index (κ1) is 23.0. The van der Waals surface area contributed by atoms with E-state index in [1.807, 2.05) is 38.1 Å². The van der Waals surface area contributed by atoms with Crippen LogP contribution in [0.3, 0.4) is 0 Å². The van der Waals surface area contributed by atoms with Gasteiger partial charge in [0.1, 0.15) is 5.92 Å². The molecule has 5 rings (SSSR count). The summed E-state index contributed by atoms with van der Waals surface area (Å²) in [5.74, 6) is -0.222. The van der Waals surface area contributed by atoms with Crippen molar-refractivity contribution in [1.82, 2.24) is 5.32 Å². The number of esters is 1. The van der Waals surface area contributed by atoms with Gasteiger partial charge in [0.15, 0.2) is 0 Å². The molecule has 0 aromatic heterocycles. The highest BCUT2D eigenvalue weighted by Crippen LogP contribution is 2.37. The fraction of sp³-hybridized carbons (Fsp3) is 0.448. The molecule has 34 heavy (non-hydrogen) atoms. The zero-order valence-electron chi connectivity index (χ0n) is 20.3. The van der Waals surface area contributed by atoms with Crippen molar-refractivity contribution >= 4 is 33.4 Å². The molecule has 2 heterocycles. The minimum Gasteiger partial charge on any atom is -0.463 e. The van der Waals surface area contributed by atoms with Crippen LogP contribution in [0, 0.1) is 5.92 Å². The minimum absolute atomic E-state index is 0.145. The van der Waals surface area contributed by atoms with Gasteiger partial charge in [-0.05, 0) is 54.3 Å². The van der Waals surface area contributed by atoms with Gasteiger partial charge in [-0.25, -0.2) is 4.79 Å². The summed E-state index contributed by atoms with van der Waals surface area (Å²) in [5, 5.41) is 7.63. The van der Waals surface area contributed by atoms with E-state index in [1.165, 1.54) is 0 Å². The third kappa shape index (κ3) is 4.12. The predicted molar refractivity (Wildman–Crippen MR) is 136 cm³/mol. The lowest BCUT2D eigenvalue weighted by Gasteiger charge is -2.48. The molecule has 0 saturated carbocycles. The van der Waals surface area contributed by atoms with Crippen LogP contribution in [0.2, 0.25) is 0 Å². The van der Waals surface area contributed by atoms with Crippen LogP contribution in [0.25, 0.3) is 21.5 Å². The van der Waals surface area contributed by atoms with Crippen molar-refractivity contribution in [3.63, 3.8) is 0 Å². The van der Waals surface area contributed by atoms with Crippen molar-refractivity contribution in [2.75, 3.05) is 26.2 Å². The Kier molecular flexibility index (Phi) is 6.41. The standard InChI is InChI=1S/C29H35N2O3/c1-20(2)34-29(33)23-10-7-17-31(19-23,24-13-15-30-16-14-24)28(32)27-25-11-5-3-8-21(25)18-22-9-4-6-12-26(22)27/h3-6,8-9,11-12,18,20,23-24,30H,7,10,13-17,19H2,1-2H3/q+1. The lowest BCUT2D eigenvalue weighted by Crippen LogP contribution is -2.66. The topological polar surface area (TPSA) is 55.4 Å². The number of rotatable bonds is 4. The number of hydrogen-bond acceptors (Lipinski definition) is 4. The maximum atomic E-state index is 14.8. The van der Waals surface area contributed by atoms with Crippen LogP contribution >= 0.6 is 0 Å². The number of piperidine rings is 2. The monoisotopic (exact) mass is 459 g/mol. The Morgan fingerprint density at radius 2 is 1.56 bits per heavy atom. The Bertz CT molecular complexity index is 1160. The summed E-state index contributed by atoms with van der Waals surface area (Å²) in [6, 6.07) is 18.8. The maximum absolute atomic E-state index is 14.8. The Balaban J connectivity index is 1.66. The number of carbonyl (C=O) groups excluding carboxylic acids is 2. The third-order valence-electron chi connectivity index (χ3n) is 7.74. The third-order valence-corrected chi connectivity index (χ3v) is 7.74. The average molecular weight is 460 g/mol. The Labute approximate surface area is 201 Å². The van der Waals surface area contributed by atoms with Gasteiger partial charge in [-0.3, -0.25) is 9.28 Å². The zero-order valence-corrected chi connectivity index (χ0v) is 20.3. The summed E-state index contributed by atoms with van der Waals surface area (Å²) < 4.78 is 5.98. The van der Waals surface area contributed by atoms with Gasteiger partial charge in [0.05, 0.1) is 30.8 Å². The molecule has 2 aliphatic rings. The fourth-order valence-electron chi connectivity index (χ4n) is 6.17. The van der Waals surface area contributed by atoms with Gasteiger partial charge in [-0.15, -0.1) is 0 Å². The van der Waals surface area contributed by atoms with Gasteiger partial charge in [-0.2, -0.15) is 0 Å². The molecule has 2 saturated heterocycles. The summed E-state index contributed by atoms with van der Waals surface area (Å²) in [6.07, 6.45) is 3.39. The highest BCUT2D eigenvalue weighted by atomic mass is 16.5. The molecule has 0 bridgehead atoms. The summed E-state index contributed by atoms with van der Waals surface area (Å²) in [4.78, 5) is 27.8. The van der Waals surface area contributed by atoms with Crippen molar-refractivity contribution in [1.29, 1.82) is 0 Å². The van der Waals surface area contributed by atoms with E-state index in [2.05, 4.69) is 35.6 Å². The van der Waals surface area contributed by atoms with E-state index in [0.29, 0.717) is 11.0 Å². The van der Waals surface area contributed by atoms with Crippen molar-refractivity contribution < 1.29 is 18.8 Å². The van der Waals surface area contributed by atoms with Crippen molar-refractivity contribution in [3.05, 3.63) is 60.2 Å². The van der Waals surface area contributed by atoms with Crippen LogP contribution in [0.5, 0.6) is 0 Å². The smallest absolute Gasteiger partial charge is 0.347 e. The summed E-state index contributed by atoms with van der Waals surface area (Å²) in [5.41, 5.74) is 0.810. The van der Waals surface area contributed by atoms with E-state index in [9.17, 15) is 9.59 Å². The van der Waals surface area contributed by atoms with Crippen LogP contribution in [-0.2, 0) is 9.53 Å². The number of ether oxygens (including phenoxy) is 1. The normalized spacial score (nSPS) is 23.9. The van der Waals surface area contributed by atoms with E-state index >= 15 is 0 Å². The van der Waals surface area contributed by atoms with Crippen LogP contribution in [0.15, 0.2) is 54.6 Å². The van der Waals surface area contributed by atoms with E-state index < -0.39 is 0 Å². The number of hydrogen-bond donors (Lipinski definition) is 1. The van der Waals surface area contributed by atoms with Crippen LogP contribution in [-0.4, -0.2) is 54.7 Å². The second-order valence-electron chi connectivity index (χ2n) is 10.2. The first-order valence-corrected chi connectivity index (χ1v) is 12.7. The van der Waals surface area contributed by atoms with Gasteiger partial charge in [0.25, 0.3) is 0 Å². The molecule has 3 aromatic carbocycles. The molecule has 5 heteroatoms. The summed E-state index contributed by atoms with van der Waals surface area (Å²) in [6.45, 7) is 6.93. The van der Waals surface area contributed by atoms with Crippen molar-refractivity contribution in [2.45, 2.75) is 51.7 Å². The van der Waals surface area contributed by atoms with Crippen molar-refractivity contribution in [3.8, 4) is 0 Å². The quantitative estimate of drug-likeness (QED) is 0.336. The number of amides is 1. The van der Waals surface area contributed by atoms with Crippen LogP contribution in [0.1, 0.15) is 49.9 Å². The molecule has 5 nitrogen and oxygen atoms in total. The van der Waals surface area contributed by atoms with E-state index in [0.717, 1.165) is 72.4 Å². The molecule has 1 N–H and O–H groups in total. The number of nitrogens with zero attached hydrogens (tertiary/aromatic N) is 1. The van der Waals surface area contributed by atoms with Gasteiger partial charge in [0.2, 0.25) is 0 Å². The lowest BCUT2D eigenvalue weighted by molar-refractivity contribution is -0.883. The largest absolute Gasteiger partial charge is 0.463 e. The number of quaternary nitrogens is 1. The zero-order chi connectivity index (χ0) is 23.7. The van der Waals surface area contributed by atoms with Gasteiger partial charge >= 0.3 is 11.9 Å². The molecular weight excluding hydrogens is 424 g/mol. The Hall–Kier alpha value is -2.76. The van der Waals surface area contributed by atoms with E-state index in [4.69, 9.17) is 4.74 Å². The Morgan fingerprint density at radius 3 is 2.18 bits per heavy atom. The average Bonchev–Trinajstić information content (AvgIpc) is 2.87. The summed E-state index contributed by atoms with van der Waals surface area (Å²) in [7, 11) is 0. The molecule has 0 aliphatic carbocycles. The molecule has 3 aromatic rings. The number of nitrogens with one attached hydrogen (secondary N) is 1. The molecular formula is C29H35N2O3+. The fourth-order valence-corrected chi connectivity index (χ4v) is 6.17. The molecule has 1 amide bonds. The SMILES string of the molecule is CC(C)OC(=O)C1CCC[N+](C(=O)c2c3ccccc3cc3ccccc23)(C2CCNCC2)C1. The van der Waals surface area contributed by atoms with Gasteiger partial charge in [0, 0.05) is 25.9 Å². The van der Waals surface area contributed by atoms with Crippen molar-refractivity contribution in [2.24, 2.45) is 5.92 Å². The summed E-state index contributed by atoms with van der Waals surface area (Å²) >= 11 is 0. The number of fused-ring (bicyclic) bond motifs is 2. The number of carbonyl (C=O) groups is 2. The minimum atomic E-state index is -0.240. The second kappa shape index (κ2) is 9.47. The lowest BCUT2D eigenvalue weighted by atomic mass is 9.87. The van der Waals surface area contributed by atoms with Gasteiger partial charge < -0.3 is 10.1 Å². The van der Waals surface area contributed by atoms with E-state index in [1.54, 1.807) is 0 Å². The predicted octanol–water partition coefficient (Wildman–Crippen LogP) is 5.06. The molecule has 2 fully saturated rings. The molecule has 2 atom stereocenters. The first-order chi connectivity index (χ1) is 16.5. The maximum Gasteiger partial charge on any atom is 0.347 e. The molecule has 2 aliphatic heterocycles. The first-order valence-electron chi connectivity index (χ1n) is 12.7. The highest BCUT2D eigenvalue weighted by molar-refractivity contribution is 6.16. The number of benzene rings is 3. The Morgan fingerprint density at radius 1 is 0.941 bits per heavy atom. The molecule has 178 valence electrons. The molecule has 2 unspecified atom stereocenters.